The first-order valence-corrected chi connectivity index (χ1v) is 9.00. The van der Waals surface area contributed by atoms with E-state index in [1.807, 2.05) is 13.0 Å². The molecule has 26 heavy (non-hydrogen) atoms. The number of fused-ring (bicyclic) bond motifs is 5. The van der Waals surface area contributed by atoms with E-state index in [0.717, 1.165) is 42.5 Å². The Labute approximate surface area is 152 Å². The summed E-state index contributed by atoms with van der Waals surface area (Å²) in [7, 11) is 1.69. The molecule has 3 aliphatic heterocycles. The summed E-state index contributed by atoms with van der Waals surface area (Å²) in [6.07, 6.45) is 3.24. The molecule has 5 nitrogen and oxygen atoms in total. The minimum absolute atomic E-state index is 0.307. The molecule has 0 aliphatic carbocycles. The first-order chi connectivity index (χ1) is 12.8. The largest absolute Gasteiger partial charge is 0.493 e. The molecule has 0 amide bonds. The Morgan fingerprint density at radius 3 is 2.81 bits per heavy atom. The molecule has 0 radical (unpaired) electrons. The van der Waals surface area contributed by atoms with Crippen LogP contribution in [0.5, 0.6) is 23.0 Å². The van der Waals surface area contributed by atoms with Gasteiger partial charge in [0.25, 0.3) is 0 Å². The van der Waals surface area contributed by atoms with E-state index in [4.69, 9.17) is 18.9 Å². The molecule has 0 unspecified atom stereocenters. The van der Waals surface area contributed by atoms with Gasteiger partial charge in [-0.15, -0.1) is 0 Å². The van der Waals surface area contributed by atoms with Gasteiger partial charge in [-0.05, 0) is 48.7 Å². The molecule has 3 aliphatic rings. The maximum Gasteiger partial charge on any atom is 0.231 e. The van der Waals surface area contributed by atoms with Gasteiger partial charge in [0.2, 0.25) is 6.79 Å². The van der Waals surface area contributed by atoms with Gasteiger partial charge in [0.15, 0.2) is 23.0 Å². The highest BCUT2D eigenvalue weighted by Gasteiger charge is 2.30. The van der Waals surface area contributed by atoms with Gasteiger partial charge in [-0.3, -0.25) is 0 Å². The second-order valence-electron chi connectivity index (χ2n) is 6.66. The van der Waals surface area contributed by atoms with Crippen molar-refractivity contribution in [3.05, 3.63) is 46.5 Å². The van der Waals surface area contributed by atoms with E-state index in [2.05, 4.69) is 29.2 Å². The first-order valence-electron chi connectivity index (χ1n) is 9.00. The summed E-state index contributed by atoms with van der Waals surface area (Å²) < 4.78 is 22.6. The van der Waals surface area contributed by atoms with Crippen molar-refractivity contribution in [2.24, 2.45) is 0 Å². The third-order valence-corrected chi connectivity index (χ3v) is 5.28. The molecule has 0 fully saturated rings. The number of benzene rings is 2. The van der Waals surface area contributed by atoms with Crippen molar-refractivity contribution in [1.29, 1.82) is 0 Å². The fraction of sp³-hybridized carbons (Fsp3) is 0.333. The summed E-state index contributed by atoms with van der Waals surface area (Å²) >= 11 is 0. The Hall–Kier alpha value is -2.82. The summed E-state index contributed by atoms with van der Waals surface area (Å²) in [5.74, 6) is 3.35. The first kappa shape index (κ1) is 15.4. The smallest absolute Gasteiger partial charge is 0.231 e. The van der Waals surface area contributed by atoms with E-state index < -0.39 is 0 Å². The topological polar surface area (TPSA) is 40.2 Å². The Bertz CT molecular complexity index is 919. The maximum absolute atomic E-state index is 5.92. The highest BCUT2D eigenvalue weighted by Crippen LogP contribution is 2.45. The molecule has 0 aromatic heterocycles. The van der Waals surface area contributed by atoms with Gasteiger partial charge >= 0.3 is 0 Å². The van der Waals surface area contributed by atoms with E-state index in [1.54, 1.807) is 7.11 Å². The Kier molecular flexibility index (Phi) is 3.48. The minimum Gasteiger partial charge on any atom is -0.493 e. The molecule has 134 valence electrons. The molecule has 5 heteroatoms. The van der Waals surface area contributed by atoms with Crippen molar-refractivity contribution in [2.45, 2.75) is 19.9 Å². The zero-order valence-electron chi connectivity index (χ0n) is 15.0. The lowest BCUT2D eigenvalue weighted by molar-refractivity contribution is 0.174. The number of ether oxygens (including phenoxy) is 4. The van der Waals surface area contributed by atoms with Gasteiger partial charge in [0.05, 0.1) is 13.7 Å². The molecule has 0 bridgehead atoms. The maximum atomic E-state index is 5.92. The van der Waals surface area contributed by atoms with Gasteiger partial charge in [0, 0.05) is 29.9 Å². The Balaban J connectivity index is 1.64. The fourth-order valence-corrected chi connectivity index (χ4v) is 4.03. The van der Waals surface area contributed by atoms with Crippen LogP contribution in [-0.2, 0) is 13.0 Å². The summed E-state index contributed by atoms with van der Waals surface area (Å²) in [5, 5.41) is 0. The Morgan fingerprint density at radius 2 is 2.00 bits per heavy atom. The second-order valence-corrected chi connectivity index (χ2v) is 6.66. The average Bonchev–Trinajstić information content (AvgIpc) is 3.13. The summed E-state index contributed by atoms with van der Waals surface area (Å²) in [4.78, 5) is 2.41. The third-order valence-electron chi connectivity index (χ3n) is 5.28. The predicted molar refractivity (Wildman–Crippen MR) is 98.7 cm³/mol. The number of rotatable bonds is 3. The summed E-state index contributed by atoms with van der Waals surface area (Å²) in [5.41, 5.74) is 6.17. The van der Waals surface area contributed by atoms with Crippen molar-refractivity contribution >= 4 is 11.8 Å². The van der Waals surface area contributed by atoms with Crippen LogP contribution in [0.1, 0.15) is 29.2 Å². The van der Waals surface area contributed by atoms with Crippen LogP contribution in [0.2, 0.25) is 0 Å². The molecule has 0 saturated heterocycles. The molecule has 0 saturated carbocycles. The minimum atomic E-state index is 0.307. The molecule has 5 rings (SSSR count). The highest BCUT2D eigenvalue weighted by molar-refractivity contribution is 5.87. The van der Waals surface area contributed by atoms with Crippen LogP contribution in [0.4, 0.5) is 0 Å². The molecular weight excluding hydrogens is 330 g/mol. The summed E-state index contributed by atoms with van der Waals surface area (Å²) in [6, 6.07) is 8.35. The highest BCUT2D eigenvalue weighted by atomic mass is 16.7. The van der Waals surface area contributed by atoms with E-state index >= 15 is 0 Å². The monoisotopic (exact) mass is 351 g/mol. The third kappa shape index (κ3) is 2.23. The SMILES string of the molecule is CCOc1c(OC)ccc2c1CN1CCc3cc4c(cc3C1=C2)OCO4. The second kappa shape index (κ2) is 5.87. The molecule has 0 atom stereocenters. The zero-order valence-corrected chi connectivity index (χ0v) is 15.0. The van der Waals surface area contributed by atoms with E-state index in [9.17, 15) is 0 Å². The van der Waals surface area contributed by atoms with Crippen LogP contribution >= 0.6 is 0 Å². The van der Waals surface area contributed by atoms with Crippen molar-refractivity contribution in [1.82, 2.24) is 4.90 Å². The zero-order chi connectivity index (χ0) is 17.7. The predicted octanol–water partition coefficient (Wildman–Crippen LogP) is 3.69. The van der Waals surface area contributed by atoms with E-state index in [1.165, 1.54) is 28.0 Å². The normalized spacial score (nSPS) is 16.4. The van der Waals surface area contributed by atoms with E-state index in [0.29, 0.717) is 13.4 Å². The lowest BCUT2D eigenvalue weighted by Gasteiger charge is -2.37. The molecule has 2 aromatic rings. The van der Waals surface area contributed by atoms with Gasteiger partial charge in [-0.2, -0.15) is 0 Å². The standard InChI is InChI=1S/C21H21NO4/c1-3-24-21-16-11-22-7-6-14-9-19-20(26-12-25-19)10-15(14)17(22)8-13(16)4-5-18(21)23-2/h4-5,8-10H,3,6-7,11-12H2,1-2H3. The van der Waals surface area contributed by atoms with Crippen molar-refractivity contribution < 1.29 is 18.9 Å². The lowest BCUT2D eigenvalue weighted by atomic mass is 9.90. The summed E-state index contributed by atoms with van der Waals surface area (Å²) in [6.45, 7) is 4.72. The number of hydrogen-bond acceptors (Lipinski definition) is 5. The van der Waals surface area contributed by atoms with Crippen LogP contribution in [0.15, 0.2) is 24.3 Å². The lowest BCUT2D eigenvalue weighted by Crippen LogP contribution is -2.31. The Morgan fingerprint density at radius 1 is 1.15 bits per heavy atom. The van der Waals surface area contributed by atoms with Crippen molar-refractivity contribution in [3.8, 4) is 23.0 Å². The average molecular weight is 351 g/mol. The van der Waals surface area contributed by atoms with Crippen LogP contribution in [-0.4, -0.2) is 32.0 Å². The van der Waals surface area contributed by atoms with Gasteiger partial charge in [-0.1, -0.05) is 6.07 Å². The van der Waals surface area contributed by atoms with Crippen LogP contribution in [0.25, 0.3) is 11.8 Å². The molecule has 0 spiro atoms. The number of hydrogen-bond donors (Lipinski definition) is 0. The number of nitrogens with zero attached hydrogens (tertiary/aromatic N) is 1. The quantitative estimate of drug-likeness (QED) is 0.843. The van der Waals surface area contributed by atoms with Gasteiger partial charge in [0.1, 0.15) is 0 Å². The molecule has 2 aromatic carbocycles. The van der Waals surface area contributed by atoms with Crippen LogP contribution in [0.3, 0.4) is 0 Å². The van der Waals surface area contributed by atoms with Gasteiger partial charge < -0.3 is 23.8 Å². The van der Waals surface area contributed by atoms with Crippen LogP contribution < -0.4 is 18.9 Å². The van der Waals surface area contributed by atoms with Crippen molar-refractivity contribution in [2.75, 3.05) is 27.1 Å². The van der Waals surface area contributed by atoms with Crippen molar-refractivity contribution in [3.63, 3.8) is 0 Å². The molecule has 0 N–H and O–H groups in total. The molecule has 3 heterocycles. The van der Waals surface area contributed by atoms with Gasteiger partial charge in [-0.25, -0.2) is 0 Å². The van der Waals surface area contributed by atoms with E-state index in [-0.39, 0.29) is 0 Å². The van der Waals surface area contributed by atoms with Crippen LogP contribution in [0, 0.1) is 0 Å². The molecular formula is C21H21NO4. The fourth-order valence-electron chi connectivity index (χ4n) is 4.03. The number of methoxy groups -OCH3 is 1.